The highest BCUT2D eigenvalue weighted by atomic mass is 32.2. The third-order valence-electron chi connectivity index (χ3n) is 5.09. The van der Waals surface area contributed by atoms with Crippen molar-refractivity contribution in [1.82, 2.24) is 23.6 Å². The molecule has 154 valence electrons. The minimum absolute atomic E-state index is 0.346. The minimum Gasteiger partial charge on any atom is -0.307 e. The van der Waals surface area contributed by atoms with E-state index >= 15 is 0 Å². The number of benzene rings is 1. The van der Waals surface area contributed by atoms with Crippen LogP contribution in [0.4, 0.5) is 0 Å². The van der Waals surface area contributed by atoms with Gasteiger partial charge in [0.25, 0.3) is 0 Å². The molecule has 4 rings (SSSR count). The zero-order chi connectivity index (χ0) is 20.4. The molecular weight excluding hydrogens is 426 g/mol. The van der Waals surface area contributed by atoms with Crippen LogP contribution >= 0.6 is 23.6 Å². The smallest absolute Gasteiger partial charge is 0.243 e. The number of piperazine rings is 1. The molecule has 1 aliphatic heterocycles. The lowest BCUT2D eigenvalue weighted by molar-refractivity contribution is 0.144. The van der Waals surface area contributed by atoms with Gasteiger partial charge in [-0.3, -0.25) is 4.90 Å². The van der Waals surface area contributed by atoms with Crippen LogP contribution in [-0.2, 0) is 30.2 Å². The molecule has 0 bridgehead atoms. The third-order valence-corrected chi connectivity index (χ3v) is 8.36. The van der Waals surface area contributed by atoms with Crippen molar-refractivity contribution >= 4 is 33.6 Å². The number of hydrogen-bond acceptors (Lipinski definition) is 6. The Hall–Kier alpha value is -1.85. The largest absolute Gasteiger partial charge is 0.307 e. The third kappa shape index (κ3) is 4.36. The first-order chi connectivity index (χ1) is 13.9. The predicted molar refractivity (Wildman–Crippen MR) is 116 cm³/mol. The van der Waals surface area contributed by atoms with E-state index in [9.17, 15) is 8.42 Å². The van der Waals surface area contributed by atoms with Gasteiger partial charge in [0.15, 0.2) is 4.77 Å². The topological polar surface area (TPSA) is 63.4 Å². The van der Waals surface area contributed by atoms with Crippen LogP contribution in [0.25, 0.3) is 0 Å². The Labute approximate surface area is 179 Å². The maximum atomic E-state index is 12.8. The van der Waals surface area contributed by atoms with Crippen molar-refractivity contribution in [1.29, 1.82) is 0 Å². The van der Waals surface area contributed by atoms with Crippen LogP contribution in [0.3, 0.4) is 0 Å². The van der Waals surface area contributed by atoms with Crippen molar-refractivity contribution < 1.29 is 8.42 Å². The minimum atomic E-state index is -3.44. The molecule has 0 amide bonds. The molecule has 3 aromatic rings. The summed E-state index contributed by atoms with van der Waals surface area (Å²) in [5.74, 6) is 0.933. The zero-order valence-electron chi connectivity index (χ0n) is 16.1. The van der Waals surface area contributed by atoms with E-state index in [0.29, 0.717) is 42.5 Å². The number of nitrogens with zero attached hydrogens (tertiary/aromatic N) is 5. The van der Waals surface area contributed by atoms with Gasteiger partial charge in [0, 0.05) is 44.5 Å². The Morgan fingerprint density at radius 3 is 2.45 bits per heavy atom. The maximum Gasteiger partial charge on any atom is 0.243 e. The second-order valence-electron chi connectivity index (χ2n) is 6.99. The molecule has 7 nitrogen and oxygen atoms in total. The van der Waals surface area contributed by atoms with Gasteiger partial charge in [-0.15, -0.1) is 11.3 Å². The van der Waals surface area contributed by atoms with E-state index in [1.54, 1.807) is 39.9 Å². The summed E-state index contributed by atoms with van der Waals surface area (Å²) < 4.78 is 31.6. The van der Waals surface area contributed by atoms with E-state index < -0.39 is 10.0 Å². The molecule has 10 heteroatoms. The van der Waals surface area contributed by atoms with Gasteiger partial charge in [-0.2, -0.15) is 9.40 Å². The van der Waals surface area contributed by atoms with Gasteiger partial charge in [-0.25, -0.2) is 13.1 Å². The van der Waals surface area contributed by atoms with Gasteiger partial charge < -0.3 is 4.57 Å². The molecule has 1 aromatic carbocycles. The standard InChI is InChI=1S/C19H23N5O2S3/c1-21-18(14-16-6-5-13-28-16)20-24(19(21)27)15-22-9-11-23(12-10-22)29(25,26)17-7-3-2-4-8-17/h2-8,13H,9-12,14-15H2,1H3. The normalized spacial score (nSPS) is 16.3. The molecule has 0 unspecified atom stereocenters. The average molecular weight is 450 g/mol. The first-order valence-electron chi connectivity index (χ1n) is 9.38. The van der Waals surface area contributed by atoms with E-state index in [1.807, 2.05) is 28.4 Å². The summed E-state index contributed by atoms with van der Waals surface area (Å²) in [6.45, 7) is 2.77. The van der Waals surface area contributed by atoms with Crippen LogP contribution in [0, 0.1) is 4.77 Å². The predicted octanol–water partition coefficient (Wildman–Crippen LogP) is 2.57. The summed E-state index contributed by atoms with van der Waals surface area (Å²) in [6.07, 6.45) is 0.758. The molecule has 0 radical (unpaired) electrons. The Morgan fingerprint density at radius 2 is 1.79 bits per heavy atom. The Bertz CT molecular complexity index is 1110. The second kappa shape index (κ2) is 8.49. The van der Waals surface area contributed by atoms with Crippen LogP contribution in [0.2, 0.25) is 0 Å². The number of aromatic nitrogens is 3. The van der Waals surface area contributed by atoms with Crippen LogP contribution in [-0.4, -0.2) is 58.1 Å². The maximum absolute atomic E-state index is 12.8. The van der Waals surface area contributed by atoms with Gasteiger partial charge in [-0.05, 0) is 35.8 Å². The fraction of sp³-hybridized carbons (Fsp3) is 0.368. The lowest BCUT2D eigenvalue weighted by Gasteiger charge is -2.33. The van der Waals surface area contributed by atoms with E-state index in [0.717, 1.165) is 12.2 Å². The highest BCUT2D eigenvalue weighted by molar-refractivity contribution is 7.89. The van der Waals surface area contributed by atoms with Crippen LogP contribution < -0.4 is 0 Å². The molecule has 0 spiro atoms. The van der Waals surface area contributed by atoms with Gasteiger partial charge in [0.2, 0.25) is 10.0 Å². The lowest BCUT2D eigenvalue weighted by Crippen LogP contribution is -2.48. The molecule has 29 heavy (non-hydrogen) atoms. The number of thiophene rings is 1. The van der Waals surface area contributed by atoms with E-state index in [1.165, 1.54) is 4.88 Å². The molecule has 1 aliphatic rings. The molecule has 0 N–H and O–H groups in total. The summed E-state index contributed by atoms with van der Waals surface area (Å²) in [6, 6.07) is 12.7. The van der Waals surface area contributed by atoms with Gasteiger partial charge in [-0.1, -0.05) is 24.3 Å². The summed E-state index contributed by atoms with van der Waals surface area (Å²) in [7, 11) is -1.49. The Balaban J connectivity index is 1.41. The fourth-order valence-corrected chi connectivity index (χ4v) is 5.74. The molecule has 2 aromatic heterocycles. The molecular formula is C19H23N5O2S3. The molecule has 1 saturated heterocycles. The summed E-state index contributed by atoms with van der Waals surface area (Å²) >= 11 is 7.27. The SMILES string of the molecule is Cn1c(Cc2cccs2)nn(CN2CCN(S(=O)(=O)c3ccccc3)CC2)c1=S. The van der Waals surface area contributed by atoms with Crippen molar-refractivity contribution in [2.75, 3.05) is 26.2 Å². The van der Waals surface area contributed by atoms with Crippen molar-refractivity contribution in [2.24, 2.45) is 7.05 Å². The Kier molecular flexibility index (Phi) is 5.98. The zero-order valence-corrected chi connectivity index (χ0v) is 18.6. The second-order valence-corrected chi connectivity index (χ2v) is 10.3. The number of sulfonamides is 1. The highest BCUT2D eigenvalue weighted by Gasteiger charge is 2.28. The lowest BCUT2D eigenvalue weighted by atomic mass is 10.3. The number of hydrogen-bond donors (Lipinski definition) is 0. The molecule has 3 heterocycles. The van der Waals surface area contributed by atoms with Crippen molar-refractivity contribution in [2.45, 2.75) is 18.0 Å². The van der Waals surface area contributed by atoms with Crippen molar-refractivity contribution in [3.05, 3.63) is 63.3 Å². The highest BCUT2D eigenvalue weighted by Crippen LogP contribution is 2.18. The van der Waals surface area contributed by atoms with E-state index in [-0.39, 0.29) is 0 Å². The van der Waals surface area contributed by atoms with Crippen LogP contribution in [0.15, 0.2) is 52.7 Å². The summed E-state index contributed by atoms with van der Waals surface area (Å²) in [4.78, 5) is 3.79. The van der Waals surface area contributed by atoms with Crippen molar-refractivity contribution in [3.8, 4) is 0 Å². The van der Waals surface area contributed by atoms with E-state index in [2.05, 4.69) is 16.3 Å². The van der Waals surface area contributed by atoms with Crippen LogP contribution in [0.5, 0.6) is 0 Å². The fourth-order valence-electron chi connectivity index (χ4n) is 3.39. The summed E-state index contributed by atoms with van der Waals surface area (Å²) in [5.41, 5.74) is 0. The summed E-state index contributed by atoms with van der Waals surface area (Å²) in [5, 5.41) is 6.76. The van der Waals surface area contributed by atoms with E-state index in [4.69, 9.17) is 17.3 Å². The molecule has 0 saturated carbocycles. The van der Waals surface area contributed by atoms with Gasteiger partial charge in [0.05, 0.1) is 11.6 Å². The van der Waals surface area contributed by atoms with Crippen LogP contribution in [0.1, 0.15) is 10.7 Å². The molecule has 1 fully saturated rings. The van der Waals surface area contributed by atoms with Gasteiger partial charge in [0.1, 0.15) is 5.82 Å². The average Bonchev–Trinajstić information content (AvgIpc) is 3.34. The van der Waals surface area contributed by atoms with Crippen molar-refractivity contribution in [3.63, 3.8) is 0 Å². The number of rotatable bonds is 6. The first-order valence-corrected chi connectivity index (χ1v) is 12.1. The van der Waals surface area contributed by atoms with Gasteiger partial charge >= 0.3 is 0 Å². The quantitative estimate of drug-likeness (QED) is 0.541. The molecule has 0 atom stereocenters. The molecule has 0 aliphatic carbocycles. The monoisotopic (exact) mass is 449 g/mol. The Morgan fingerprint density at radius 1 is 1.07 bits per heavy atom. The first kappa shape index (κ1) is 20.4.